The molecule has 0 aromatic carbocycles. The summed E-state index contributed by atoms with van der Waals surface area (Å²) in [4.78, 5) is 14.7. The number of hydrogen-bond donors (Lipinski definition) is 1. The first-order valence-electron chi connectivity index (χ1n) is 8.81. The normalized spacial score (nSPS) is 22.7. The highest BCUT2D eigenvalue weighted by Gasteiger charge is 2.29. The Morgan fingerprint density at radius 2 is 1.95 bits per heavy atom. The average Bonchev–Trinajstić information content (AvgIpc) is 3.10. The van der Waals surface area contributed by atoms with E-state index < -0.39 is 0 Å². The molecular formula is C18H28N2OS. The zero-order chi connectivity index (χ0) is 15.4. The molecule has 1 aromatic rings. The predicted octanol–water partition coefficient (Wildman–Crippen LogP) is 3.97. The molecule has 3 rings (SSSR count). The van der Waals surface area contributed by atoms with Crippen molar-refractivity contribution < 1.29 is 4.79 Å². The van der Waals surface area contributed by atoms with Gasteiger partial charge in [-0.05, 0) is 55.0 Å². The van der Waals surface area contributed by atoms with Crippen molar-refractivity contribution >= 4 is 17.2 Å². The molecule has 0 spiro atoms. The van der Waals surface area contributed by atoms with Crippen LogP contribution in [0.15, 0.2) is 16.8 Å². The fraction of sp³-hybridized carbons (Fsp3) is 0.722. The number of carbonyl (C=O) groups is 1. The monoisotopic (exact) mass is 320 g/mol. The quantitative estimate of drug-likeness (QED) is 0.910. The predicted molar refractivity (Wildman–Crippen MR) is 92.0 cm³/mol. The van der Waals surface area contributed by atoms with Gasteiger partial charge in [-0.15, -0.1) is 0 Å². The highest BCUT2D eigenvalue weighted by Crippen LogP contribution is 2.27. The third-order valence-electron chi connectivity index (χ3n) is 5.29. The van der Waals surface area contributed by atoms with Crippen LogP contribution < -0.4 is 5.32 Å². The van der Waals surface area contributed by atoms with Gasteiger partial charge in [0, 0.05) is 31.1 Å². The Morgan fingerprint density at radius 3 is 2.59 bits per heavy atom. The van der Waals surface area contributed by atoms with Crippen LogP contribution in [0.2, 0.25) is 0 Å². The molecule has 122 valence electrons. The molecule has 0 unspecified atom stereocenters. The molecule has 1 amide bonds. The van der Waals surface area contributed by atoms with E-state index in [0.29, 0.717) is 23.9 Å². The van der Waals surface area contributed by atoms with Crippen molar-refractivity contribution in [3.8, 4) is 0 Å². The second-order valence-electron chi connectivity index (χ2n) is 6.88. The van der Waals surface area contributed by atoms with E-state index in [1.54, 1.807) is 11.3 Å². The van der Waals surface area contributed by atoms with Gasteiger partial charge in [0.2, 0.25) is 5.91 Å². The smallest absolute Gasteiger partial charge is 0.225 e. The zero-order valence-electron chi connectivity index (χ0n) is 13.6. The van der Waals surface area contributed by atoms with E-state index in [4.69, 9.17) is 0 Å². The van der Waals surface area contributed by atoms with Crippen LogP contribution in [0.4, 0.5) is 0 Å². The van der Waals surface area contributed by atoms with Crippen molar-refractivity contribution in [3.05, 3.63) is 22.4 Å². The first kappa shape index (κ1) is 16.0. The number of amides is 1. The van der Waals surface area contributed by atoms with Crippen molar-refractivity contribution in [2.75, 3.05) is 13.1 Å². The summed E-state index contributed by atoms with van der Waals surface area (Å²) in [5.41, 5.74) is 1.38. The molecule has 22 heavy (non-hydrogen) atoms. The van der Waals surface area contributed by atoms with E-state index >= 15 is 0 Å². The maximum Gasteiger partial charge on any atom is 0.225 e. The van der Waals surface area contributed by atoms with Gasteiger partial charge in [-0.1, -0.05) is 19.3 Å². The van der Waals surface area contributed by atoms with Gasteiger partial charge in [-0.25, -0.2) is 0 Å². The van der Waals surface area contributed by atoms with Gasteiger partial charge >= 0.3 is 0 Å². The molecule has 2 aliphatic rings. The minimum Gasteiger partial charge on any atom is -0.342 e. The second-order valence-corrected chi connectivity index (χ2v) is 7.66. The molecule has 1 atom stereocenters. The number of nitrogens with zero attached hydrogens (tertiary/aromatic N) is 1. The van der Waals surface area contributed by atoms with E-state index in [2.05, 4.69) is 34.0 Å². The molecular weight excluding hydrogens is 292 g/mol. The Labute approximate surface area is 138 Å². The maximum absolute atomic E-state index is 12.6. The van der Waals surface area contributed by atoms with Crippen molar-refractivity contribution in [2.24, 2.45) is 5.92 Å². The van der Waals surface area contributed by atoms with E-state index in [-0.39, 0.29) is 0 Å². The van der Waals surface area contributed by atoms with Gasteiger partial charge in [-0.3, -0.25) is 4.79 Å². The summed E-state index contributed by atoms with van der Waals surface area (Å²) in [6, 6.07) is 3.16. The van der Waals surface area contributed by atoms with Crippen LogP contribution in [-0.4, -0.2) is 29.9 Å². The lowest BCUT2D eigenvalue weighted by Gasteiger charge is -2.36. The Kier molecular flexibility index (Phi) is 5.53. The number of carbonyl (C=O) groups excluding carboxylic acids is 1. The SMILES string of the molecule is C[C@@H](NC1CCN(C(=O)C2CCCCC2)CC1)c1ccsc1. The van der Waals surface area contributed by atoms with Gasteiger partial charge < -0.3 is 10.2 Å². The number of nitrogens with one attached hydrogen (secondary N) is 1. The number of likely N-dealkylation sites (tertiary alicyclic amines) is 1. The van der Waals surface area contributed by atoms with Gasteiger partial charge in [0.1, 0.15) is 0 Å². The average molecular weight is 321 g/mol. The molecule has 2 fully saturated rings. The molecule has 1 saturated carbocycles. The molecule has 1 aliphatic carbocycles. The summed E-state index contributed by atoms with van der Waals surface area (Å²) < 4.78 is 0. The van der Waals surface area contributed by atoms with Crippen molar-refractivity contribution in [1.29, 1.82) is 0 Å². The van der Waals surface area contributed by atoms with Crippen LogP contribution in [0.3, 0.4) is 0 Å². The third-order valence-corrected chi connectivity index (χ3v) is 5.99. The lowest BCUT2D eigenvalue weighted by molar-refractivity contribution is -0.137. The Bertz CT molecular complexity index is 459. The van der Waals surface area contributed by atoms with Gasteiger partial charge in [0.05, 0.1) is 0 Å². The minimum atomic E-state index is 0.322. The first-order chi connectivity index (χ1) is 10.7. The lowest BCUT2D eigenvalue weighted by Crippen LogP contribution is -2.47. The van der Waals surface area contributed by atoms with Crippen molar-refractivity contribution in [1.82, 2.24) is 10.2 Å². The fourth-order valence-electron chi connectivity index (χ4n) is 3.85. The molecule has 0 radical (unpaired) electrons. The molecule has 1 saturated heterocycles. The van der Waals surface area contributed by atoms with Gasteiger partial charge in [0.25, 0.3) is 0 Å². The molecule has 0 bridgehead atoms. The van der Waals surface area contributed by atoms with Crippen LogP contribution in [0, 0.1) is 5.92 Å². The first-order valence-corrected chi connectivity index (χ1v) is 9.75. The van der Waals surface area contributed by atoms with E-state index in [0.717, 1.165) is 38.8 Å². The van der Waals surface area contributed by atoms with Crippen LogP contribution in [0.5, 0.6) is 0 Å². The summed E-state index contributed by atoms with van der Waals surface area (Å²) in [5.74, 6) is 0.757. The second kappa shape index (κ2) is 7.60. The lowest BCUT2D eigenvalue weighted by atomic mass is 9.87. The number of hydrogen-bond acceptors (Lipinski definition) is 3. The number of rotatable bonds is 4. The summed E-state index contributed by atoms with van der Waals surface area (Å²) in [5, 5.41) is 8.09. The Morgan fingerprint density at radius 1 is 1.23 bits per heavy atom. The summed E-state index contributed by atoms with van der Waals surface area (Å²) >= 11 is 1.76. The maximum atomic E-state index is 12.6. The van der Waals surface area contributed by atoms with Crippen LogP contribution >= 0.6 is 11.3 Å². The largest absolute Gasteiger partial charge is 0.342 e. The summed E-state index contributed by atoms with van der Waals surface area (Å²) in [6.07, 6.45) is 8.22. The van der Waals surface area contributed by atoms with E-state index in [1.807, 2.05) is 0 Å². The summed E-state index contributed by atoms with van der Waals surface area (Å²) in [7, 11) is 0. The molecule has 1 N–H and O–H groups in total. The van der Waals surface area contributed by atoms with Crippen LogP contribution in [-0.2, 0) is 4.79 Å². The molecule has 3 nitrogen and oxygen atoms in total. The van der Waals surface area contributed by atoms with Gasteiger partial charge in [-0.2, -0.15) is 11.3 Å². The van der Waals surface area contributed by atoms with Crippen LogP contribution in [0.25, 0.3) is 0 Å². The zero-order valence-corrected chi connectivity index (χ0v) is 14.4. The standard InChI is InChI=1S/C18H28N2OS/c1-14(16-9-12-22-13-16)19-17-7-10-20(11-8-17)18(21)15-5-3-2-4-6-15/h9,12-15,17,19H,2-8,10-11H2,1H3/t14-/m1/s1. The van der Waals surface area contributed by atoms with E-state index in [9.17, 15) is 4.79 Å². The van der Waals surface area contributed by atoms with Crippen molar-refractivity contribution in [2.45, 2.75) is 64.0 Å². The van der Waals surface area contributed by atoms with Crippen molar-refractivity contribution in [3.63, 3.8) is 0 Å². The number of piperidine rings is 1. The topological polar surface area (TPSA) is 32.3 Å². The van der Waals surface area contributed by atoms with E-state index in [1.165, 1.54) is 24.8 Å². The minimum absolute atomic E-state index is 0.322. The highest BCUT2D eigenvalue weighted by atomic mass is 32.1. The Balaban J connectivity index is 1.44. The molecule has 2 heterocycles. The highest BCUT2D eigenvalue weighted by molar-refractivity contribution is 7.07. The Hall–Kier alpha value is -0.870. The molecule has 1 aromatic heterocycles. The third kappa shape index (κ3) is 3.90. The fourth-order valence-corrected chi connectivity index (χ4v) is 4.60. The number of thiophene rings is 1. The summed E-state index contributed by atoms with van der Waals surface area (Å²) in [6.45, 7) is 4.11. The molecule has 1 aliphatic heterocycles. The van der Waals surface area contributed by atoms with Crippen LogP contribution in [0.1, 0.15) is 63.5 Å². The van der Waals surface area contributed by atoms with Gasteiger partial charge in [0.15, 0.2) is 0 Å². The molecule has 4 heteroatoms.